The molecule has 184 valence electrons. The Morgan fingerprint density at radius 1 is 1.06 bits per heavy atom. The topological polar surface area (TPSA) is 56.6 Å². The number of ether oxygens (including phenoxy) is 2. The number of fused-ring (bicyclic) bond motifs is 4. The summed E-state index contributed by atoms with van der Waals surface area (Å²) in [5, 5.41) is 0. The lowest BCUT2D eigenvalue weighted by molar-refractivity contribution is -0.137. The molecular formula is C24H20F5N3O3. The van der Waals surface area contributed by atoms with E-state index in [0.29, 0.717) is 24.3 Å². The molecule has 3 heterocycles. The van der Waals surface area contributed by atoms with Gasteiger partial charge in [-0.1, -0.05) is 6.07 Å². The fourth-order valence-electron chi connectivity index (χ4n) is 4.47. The number of hydrogen-bond donors (Lipinski definition) is 0. The molecule has 35 heavy (non-hydrogen) atoms. The highest BCUT2D eigenvalue weighted by Crippen LogP contribution is 2.35. The Balaban J connectivity index is 1.32. The minimum absolute atomic E-state index is 0.0374. The van der Waals surface area contributed by atoms with Crippen LogP contribution in [0.3, 0.4) is 0 Å². The van der Waals surface area contributed by atoms with Crippen LogP contribution < -0.4 is 20.1 Å². The van der Waals surface area contributed by atoms with Gasteiger partial charge in [-0.2, -0.15) is 18.2 Å². The van der Waals surface area contributed by atoms with E-state index in [2.05, 4.69) is 9.88 Å². The zero-order valence-corrected chi connectivity index (χ0v) is 18.3. The first-order valence-electron chi connectivity index (χ1n) is 11.0. The third-order valence-corrected chi connectivity index (χ3v) is 6.08. The number of alkyl halides is 3. The molecule has 1 atom stereocenters. The van der Waals surface area contributed by atoms with Crippen LogP contribution in [-0.2, 0) is 19.3 Å². The van der Waals surface area contributed by atoms with Gasteiger partial charge < -0.3 is 14.4 Å². The average Bonchev–Trinajstić information content (AvgIpc) is 2.81. The predicted molar refractivity (Wildman–Crippen MR) is 116 cm³/mol. The van der Waals surface area contributed by atoms with Gasteiger partial charge in [0.1, 0.15) is 18.2 Å². The van der Waals surface area contributed by atoms with Gasteiger partial charge in [0.15, 0.2) is 17.4 Å². The minimum Gasteiger partial charge on any atom is -0.473 e. The van der Waals surface area contributed by atoms with Crippen molar-refractivity contribution in [2.45, 2.75) is 32.2 Å². The van der Waals surface area contributed by atoms with Crippen molar-refractivity contribution in [2.24, 2.45) is 5.92 Å². The van der Waals surface area contributed by atoms with E-state index >= 15 is 0 Å². The number of rotatable bonds is 5. The first-order valence-corrected chi connectivity index (χ1v) is 11.0. The van der Waals surface area contributed by atoms with Crippen LogP contribution in [0, 0.1) is 17.6 Å². The van der Waals surface area contributed by atoms with Gasteiger partial charge >= 0.3 is 11.9 Å². The third-order valence-electron chi connectivity index (χ3n) is 6.08. The normalized spacial score (nSPS) is 17.2. The molecule has 11 heteroatoms. The monoisotopic (exact) mass is 493 g/mol. The molecule has 5 rings (SSSR count). The van der Waals surface area contributed by atoms with Crippen molar-refractivity contribution in [3.63, 3.8) is 0 Å². The molecule has 0 N–H and O–H groups in total. The molecule has 0 amide bonds. The lowest BCUT2D eigenvalue weighted by atomic mass is 9.96. The molecule has 0 radical (unpaired) electrons. The van der Waals surface area contributed by atoms with Crippen LogP contribution in [0.15, 0.2) is 47.3 Å². The van der Waals surface area contributed by atoms with Crippen molar-refractivity contribution in [3.05, 3.63) is 75.7 Å². The largest absolute Gasteiger partial charge is 0.473 e. The van der Waals surface area contributed by atoms with Crippen molar-refractivity contribution in [1.82, 2.24) is 9.55 Å². The van der Waals surface area contributed by atoms with E-state index in [1.165, 1.54) is 0 Å². The lowest BCUT2D eigenvalue weighted by Crippen LogP contribution is -2.46. The molecule has 2 bridgehead atoms. The number of halogens is 5. The molecule has 1 unspecified atom stereocenters. The van der Waals surface area contributed by atoms with Crippen LogP contribution in [0.1, 0.15) is 24.0 Å². The van der Waals surface area contributed by atoms with E-state index in [-0.39, 0.29) is 23.8 Å². The lowest BCUT2D eigenvalue weighted by Gasteiger charge is -2.40. The summed E-state index contributed by atoms with van der Waals surface area (Å²) < 4.78 is 80.0. The Kier molecular flexibility index (Phi) is 5.86. The molecule has 2 aromatic carbocycles. The van der Waals surface area contributed by atoms with Crippen molar-refractivity contribution < 1.29 is 31.4 Å². The van der Waals surface area contributed by atoms with Crippen LogP contribution in [0.5, 0.6) is 17.4 Å². The number of piperidine rings is 1. The first-order chi connectivity index (χ1) is 16.7. The van der Waals surface area contributed by atoms with E-state index in [0.717, 1.165) is 56.3 Å². The second kappa shape index (κ2) is 8.86. The van der Waals surface area contributed by atoms with Crippen LogP contribution in [0.25, 0.3) is 0 Å². The summed E-state index contributed by atoms with van der Waals surface area (Å²) in [4.78, 5) is 18.5. The second-order valence-electron chi connectivity index (χ2n) is 8.60. The molecule has 0 aliphatic carbocycles. The summed E-state index contributed by atoms with van der Waals surface area (Å²) in [6.07, 6.45) is -2.53. The zero-order chi connectivity index (χ0) is 24.7. The third kappa shape index (κ3) is 4.80. The maximum atomic E-state index is 14.6. The number of nitrogens with zero attached hydrogens (tertiary/aromatic N) is 3. The van der Waals surface area contributed by atoms with Crippen molar-refractivity contribution in [2.75, 3.05) is 18.0 Å². The Hall–Kier alpha value is -3.63. The molecule has 3 aromatic rings. The van der Waals surface area contributed by atoms with Crippen molar-refractivity contribution in [1.29, 1.82) is 0 Å². The van der Waals surface area contributed by atoms with Gasteiger partial charge in [-0.25, -0.2) is 13.6 Å². The molecule has 6 nitrogen and oxygen atoms in total. The van der Waals surface area contributed by atoms with Gasteiger partial charge in [0.25, 0.3) is 0 Å². The Morgan fingerprint density at radius 3 is 2.57 bits per heavy atom. The van der Waals surface area contributed by atoms with Gasteiger partial charge in [0, 0.05) is 25.7 Å². The summed E-state index contributed by atoms with van der Waals surface area (Å²) >= 11 is 0. The van der Waals surface area contributed by atoms with Gasteiger partial charge in [0.2, 0.25) is 5.88 Å². The van der Waals surface area contributed by atoms with Gasteiger partial charge in [-0.05, 0) is 54.7 Å². The Labute approximate surface area is 196 Å². The summed E-state index contributed by atoms with van der Waals surface area (Å²) in [6.45, 7) is 1.99. The summed E-state index contributed by atoms with van der Waals surface area (Å²) in [7, 11) is 0. The molecule has 2 aliphatic rings. The maximum absolute atomic E-state index is 14.6. The van der Waals surface area contributed by atoms with Gasteiger partial charge in [-0.15, -0.1) is 0 Å². The molecular weight excluding hydrogens is 473 g/mol. The zero-order valence-electron chi connectivity index (χ0n) is 18.3. The summed E-state index contributed by atoms with van der Waals surface area (Å²) in [6, 6.07) is 7.26. The van der Waals surface area contributed by atoms with Crippen LogP contribution in [0.2, 0.25) is 0 Å². The first kappa shape index (κ1) is 23.1. The number of aromatic nitrogens is 2. The van der Waals surface area contributed by atoms with E-state index in [1.54, 1.807) is 10.6 Å². The second-order valence-corrected chi connectivity index (χ2v) is 8.60. The smallest absolute Gasteiger partial charge is 0.416 e. The van der Waals surface area contributed by atoms with Gasteiger partial charge in [0.05, 0.1) is 5.56 Å². The molecule has 2 aliphatic heterocycles. The number of benzene rings is 2. The Bertz CT molecular complexity index is 1300. The standard InChI is InChI=1S/C24H20F5N3O3/c25-18-7-15(8-19(26)22(18)35-17-5-1-4-16(9-17)24(27,28)29)13-34-20-10-21-31-6-2-3-14(11-31)12-32(21)23(33)30-20/h1,4-5,7-10,14H,2-3,6,11-13H2. The fraction of sp³-hybridized carbons (Fsp3) is 0.333. The molecule has 1 saturated heterocycles. The summed E-state index contributed by atoms with van der Waals surface area (Å²) in [5.41, 5.74) is -1.36. The molecule has 1 fully saturated rings. The fourth-order valence-corrected chi connectivity index (χ4v) is 4.47. The minimum atomic E-state index is -4.62. The highest BCUT2D eigenvalue weighted by molar-refractivity contribution is 5.45. The average molecular weight is 493 g/mol. The molecule has 0 saturated carbocycles. The van der Waals surface area contributed by atoms with Crippen LogP contribution >= 0.6 is 0 Å². The quantitative estimate of drug-likeness (QED) is 0.461. The van der Waals surface area contributed by atoms with E-state index < -0.39 is 34.8 Å². The Morgan fingerprint density at radius 2 is 1.83 bits per heavy atom. The predicted octanol–water partition coefficient (Wildman–Crippen LogP) is 5.14. The van der Waals surface area contributed by atoms with Crippen molar-refractivity contribution >= 4 is 5.82 Å². The summed E-state index contributed by atoms with van der Waals surface area (Å²) in [5.74, 6) is -2.27. The molecule has 0 spiro atoms. The van der Waals surface area contributed by atoms with Crippen LogP contribution in [-0.4, -0.2) is 22.6 Å². The molecule has 1 aromatic heterocycles. The highest BCUT2D eigenvalue weighted by atomic mass is 19.4. The van der Waals surface area contributed by atoms with E-state index in [9.17, 15) is 26.7 Å². The van der Waals surface area contributed by atoms with E-state index in [1.807, 2.05) is 0 Å². The van der Waals surface area contributed by atoms with Crippen LogP contribution in [0.4, 0.5) is 27.8 Å². The number of anilines is 1. The maximum Gasteiger partial charge on any atom is 0.416 e. The number of hydrogen-bond acceptors (Lipinski definition) is 5. The van der Waals surface area contributed by atoms with Crippen molar-refractivity contribution in [3.8, 4) is 17.4 Å². The van der Waals surface area contributed by atoms with E-state index in [4.69, 9.17) is 9.47 Å². The SMILES string of the molecule is O=c1nc(OCc2cc(F)c(Oc3cccc(C(F)(F)F)c3)c(F)c2)cc2n1CC1CCCN2C1. The highest BCUT2D eigenvalue weighted by Gasteiger charge is 2.31. The van der Waals surface area contributed by atoms with Gasteiger partial charge in [-0.3, -0.25) is 4.57 Å².